The van der Waals surface area contributed by atoms with Crippen molar-refractivity contribution in [2.45, 2.75) is 38.9 Å². The Morgan fingerprint density at radius 2 is 1.90 bits per heavy atom. The van der Waals surface area contributed by atoms with Gasteiger partial charge in [0, 0.05) is 5.92 Å². The van der Waals surface area contributed by atoms with Gasteiger partial charge in [-0.15, -0.1) is 5.10 Å². The fourth-order valence-corrected chi connectivity index (χ4v) is 3.34. The predicted molar refractivity (Wildman–Crippen MR) is 112 cm³/mol. The highest BCUT2D eigenvalue weighted by Gasteiger charge is 2.40. The van der Waals surface area contributed by atoms with Gasteiger partial charge < -0.3 is 15.2 Å². The number of rotatable bonds is 6. The second kappa shape index (κ2) is 8.27. The van der Waals surface area contributed by atoms with Crippen molar-refractivity contribution in [3.05, 3.63) is 59.4 Å². The van der Waals surface area contributed by atoms with Crippen molar-refractivity contribution in [1.82, 2.24) is 20.2 Å². The van der Waals surface area contributed by atoms with Crippen LogP contribution in [0.1, 0.15) is 41.5 Å². The van der Waals surface area contributed by atoms with E-state index in [0.29, 0.717) is 17.1 Å². The molecule has 1 aliphatic rings. The summed E-state index contributed by atoms with van der Waals surface area (Å²) in [6.45, 7) is 6.12. The maximum Gasteiger partial charge on any atom is 0.338 e. The first kappa shape index (κ1) is 20.7. The van der Waals surface area contributed by atoms with E-state index in [1.54, 1.807) is 16.8 Å². The molecule has 1 amide bonds. The molecule has 1 fully saturated rings. The van der Waals surface area contributed by atoms with E-state index in [2.05, 4.69) is 15.5 Å². The number of benzene rings is 2. The Morgan fingerprint density at radius 3 is 2.52 bits per heavy atom. The van der Waals surface area contributed by atoms with Gasteiger partial charge in [0.05, 0.1) is 17.9 Å². The Morgan fingerprint density at radius 1 is 1.16 bits per heavy atom. The number of carbonyl (C=O) groups excluding carboxylic acids is 2. The van der Waals surface area contributed by atoms with E-state index < -0.39 is 24.1 Å². The number of carbonyl (C=O) groups is 2. The van der Waals surface area contributed by atoms with Crippen molar-refractivity contribution in [3.8, 4) is 16.8 Å². The first-order valence-electron chi connectivity index (χ1n) is 9.96. The van der Waals surface area contributed by atoms with Gasteiger partial charge >= 0.3 is 5.97 Å². The summed E-state index contributed by atoms with van der Waals surface area (Å²) in [5.41, 5.74) is 9.09. The topological polar surface area (TPSA) is 122 Å². The quantitative estimate of drug-likeness (QED) is 0.605. The van der Waals surface area contributed by atoms with Crippen molar-refractivity contribution in [1.29, 1.82) is 0 Å². The zero-order valence-electron chi connectivity index (χ0n) is 17.5. The van der Waals surface area contributed by atoms with Crippen LogP contribution in [-0.2, 0) is 14.3 Å². The third kappa shape index (κ3) is 4.17. The van der Waals surface area contributed by atoms with E-state index in [1.165, 1.54) is 0 Å². The van der Waals surface area contributed by atoms with E-state index in [-0.39, 0.29) is 12.5 Å². The lowest BCUT2D eigenvalue weighted by atomic mass is 10.0. The van der Waals surface area contributed by atoms with Gasteiger partial charge in [-0.25, -0.2) is 4.79 Å². The van der Waals surface area contributed by atoms with Crippen molar-refractivity contribution < 1.29 is 19.1 Å². The van der Waals surface area contributed by atoms with E-state index in [0.717, 1.165) is 16.7 Å². The van der Waals surface area contributed by atoms with Crippen LogP contribution in [0.25, 0.3) is 16.8 Å². The Bertz CT molecular complexity index is 1120. The molecule has 1 aromatic heterocycles. The lowest BCUT2D eigenvalue weighted by Crippen LogP contribution is -2.54. The van der Waals surface area contributed by atoms with Crippen LogP contribution in [0.2, 0.25) is 0 Å². The molecule has 0 aliphatic carbocycles. The third-order valence-corrected chi connectivity index (χ3v) is 5.11. The molecule has 0 radical (unpaired) electrons. The van der Waals surface area contributed by atoms with Gasteiger partial charge in [-0.2, -0.15) is 4.68 Å². The minimum absolute atomic E-state index is 0.0804. The van der Waals surface area contributed by atoms with E-state index in [1.807, 2.05) is 51.1 Å². The predicted octanol–water partition coefficient (Wildman–Crippen LogP) is 2.17. The van der Waals surface area contributed by atoms with Crippen LogP contribution in [0.5, 0.6) is 0 Å². The lowest BCUT2D eigenvalue weighted by Gasteiger charge is -2.33. The average Bonchev–Trinajstić information content (AvgIpc) is 3.21. The molecular formula is C22H23N5O4. The molecule has 4 rings (SSSR count). The largest absolute Gasteiger partial charge is 0.453 e. The first-order valence-corrected chi connectivity index (χ1v) is 9.96. The van der Waals surface area contributed by atoms with Gasteiger partial charge in [0.25, 0.3) is 5.91 Å². The number of hydrogen-bond acceptors (Lipinski definition) is 7. The van der Waals surface area contributed by atoms with Crippen molar-refractivity contribution in [2.24, 2.45) is 5.73 Å². The average molecular weight is 421 g/mol. The van der Waals surface area contributed by atoms with Crippen LogP contribution in [-0.4, -0.2) is 50.9 Å². The highest BCUT2D eigenvalue weighted by molar-refractivity contribution is 5.93. The number of aromatic nitrogens is 4. The first-order chi connectivity index (χ1) is 14.8. The lowest BCUT2D eigenvalue weighted by molar-refractivity contribution is -0.177. The van der Waals surface area contributed by atoms with Crippen LogP contribution in [0.3, 0.4) is 0 Å². The second-order valence-electron chi connectivity index (χ2n) is 7.84. The Kier molecular flexibility index (Phi) is 5.51. The normalized spacial score (nSPS) is 17.9. The number of nitrogens with zero attached hydrogens (tertiary/aromatic N) is 4. The minimum atomic E-state index is -0.921. The van der Waals surface area contributed by atoms with Crippen molar-refractivity contribution in [2.75, 3.05) is 6.61 Å². The Balaban J connectivity index is 1.74. The molecule has 9 nitrogen and oxygen atoms in total. The monoisotopic (exact) mass is 421 g/mol. The Hall–Kier alpha value is -3.59. The SMILES string of the molecule is Cc1ccc(-c2cc(C(=O)OC3COC3C(N)=O)cc(-n3nnnc3C(C)C)c2)cc1. The minimum Gasteiger partial charge on any atom is -0.453 e. The van der Waals surface area contributed by atoms with Crippen LogP contribution < -0.4 is 5.73 Å². The van der Waals surface area contributed by atoms with E-state index >= 15 is 0 Å². The molecule has 2 heterocycles. The summed E-state index contributed by atoms with van der Waals surface area (Å²) in [6, 6.07) is 13.3. The molecule has 1 saturated heterocycles. The van der Waals surface area contributed by atoms with Gasteiger partial charge in [-0.1, -0.05) is 43.7 Å². The molecule has 0 bridgehead atoms. The van der Waals surface area contributed by atoms with Gasteiger partial charge in [-0.3, -0.25) is 4.79 Å². The molecule has 2 unspecified atom stereocenters. The molecule has 160 valence electrons. The van der Waals surface area contributed by atoms with Crippen LogP contribution in [0.15, 0.2) is 42.5 Å². The van der Waals surface area contributed by atoms with Gasteiger partial charge in [0.15, 0.2) is 18.0 Å². The number of esters is 1. The summed E-state index contributed by atoms with van der Waals surface area (Å²) < 4.78 is 12.2. The van der Waals surface area contributed by atoms with Crippen LogP contribution >= 0.6 is 0 Å². The number of nitrogens with two attached hydrogens (primary N) is 1. The van der Waals surface area contributed by atoms with Crippen molar-refractivity contribution in [3.63, 3.8) is 0 Å². The fourth-order valence-electron chi connectivity index (χ4n) is 3.34. The smallest absolute Gasteiger partial charge is 0.338 e. The molecule has 0 spiro atoms. The molecule has 2 N–H and O–H groups in total. The number of aryl methyl sites for hydroxylation is 1. The second-order valence-corrected chi connectivity index (χ2v) is 7.84. The highest BCUT2D eigenvalue weighted by atomic mass is 16.6. The molecule has 1 aliphatic heterocycles. The summed E-state index contributed by atoms with van der Waals surface area (Å²) in [5, 5.41) is 12.0. The third-order valence-electron chi connectivity index (χ3n) is 5.11. The summed E-state index contributed by atoms with van der Waals surface area (Å²) >= 11 is 0. The molecule has 31 heavy (non-hydrogen) atoms. The zero-order valence-corrected chi connectivity index (χ0v) is 17.5. The molecule has 9 heteroatoms. The standard InChI is InChI=1S/C22H23N5O4/c1-12(2)21-24-25-26-27(21)17-9-15(14-6-4-13(3)5-7-14)8-16(10-17)22(29)31-18-11-30-19(18)20(23)28/h4-10,12,18-19H,11H2,1-3H3,(H2,23,28). The number of amides is 1. The summed E-state index contributed by atoms with van der Waals surface area (Å²) in [6.07, 6.45) is -1.62. The van der Waals surface area contributed by atoms with Gasteiger partial charge in [0.1, 0.15) is 0 Å². The van der Waals surface area contributed by atoms with Gasteiger partial charge in [-0.05, 0) is 46.7 Å². The maximum atomic E-state index is 12.9. The van der Waals surface area contributed by atoms with E-state index in [4.69, 9.17) is 15.2 Å². The molecular weight excluding hydrogens is 398 g/mol. The number of ether oxygens (including phenoxy) is 2. The van der Waals surface area contributed by atoms with E-state index in [9.17, 15) is 9.59 Å². The molecule has 2 atom stereocenters. The highest BCUT2D eigenvalue weighted by Crippen LogP contribution is 2.27. The Labute approximate surface area is 179 Å². The van der Waals surface area contributed by atoms with Gasteiger partial charge in [0.2, 0.25) is 0 Å². The molecule has 2 aromatic carbocycles. The number of primary amides is 1. The van der Waals surface area contributed by atoms with Crippen LogP contribution in [0, 0.1) is 6.92 Å². The maximum absolute atomic E-state index is 12.9. The fraction of sp³-hybridized carbons (Fsp3) is 0.318. The summed E-state index contributed by atoms with van der Waals surface area (Å²) in [4.78, 5) is 24.3. The molecule has 3 aromatic rings. The number of tetrazole rings is 1. The number of hydrogen-bond donors (Lipinski definition) is 1. The summed E-state index contributed by atoms with van der Waals surface area (Å²) in [5.74, 6) is -0.485. The zero-order chi connectivity index (χ0) is 22.1. The summed E-state index contributed by atoms with van der Waals surface area (Å²) in [7, 11) is 0. The van der Waals surface area contributed by atoms with Crippen molar-refractivity contribution >= 4 is 11.9 Å². The molecule has 0 saturated carbocycles. The van der Waals surface area contributed by atoms with Crippen LogP contribution in [0.4, 0.5) is 0 Å².